The Morgan fingerprint density at radius 2 is 1.88 bits per heavy atom. The highest BCUT2D eigenvalue weighted by Gasteiger charge is 2.36. The molecular weight excluding hydrogens is 240 g/mol. The van der Waals surface area contributed by atoms with E-state index < -0.39 is 5.92 Å². The predicted molar refractivity (Wildman–Crippen MR) is 65.8 cm³/mol. The van der Waals surface area contributed by atoms with Crippen molar-refractivity contribution in [3.8, 4) is 0 Å². The summed E-state index contributed by atoms with van der Waals surface area (Å²) in [7, 11) is 0. The van der Waals surface area contributed by atoms with E-state index in [4.69, 9.17) is 0 Å². The molecule has 0 atom stereocenters. The van der Waals surface area contributed by atoms with E-state index in [9.17, 15) is 8.78 Å². The second-order valence-electron chi connectivity index (χ2n) is 4.65. The third-order valence-corrected chi connectivity index (χ3v) is 4.58. The van der Waals surface area contributed by atoms with E-state index in [0.717, 1.165) is 15.2 Å². The first-order chi connectivity index (χ1) is 8.14. The van der Waals surface area contributed by atoms with Crippen molar-refractivity contribution in [1.82, 2.24) is 4.98 Å². The molecule has 2 aromatic rings. The van der Waals surface area contributed by atoms with Crippen LogP contribution >= 0.6 is 11.3 Å². The highest BCUT2D eigenvalue weighted by Crippen LogP contribution is 2.42. The minimum absolute atomic E-state index is 0.00753. The molecule has 0 aliphatic heterocycles. The first kappa shape index (κ1) is 11.1. The lowest BCUT2D eigenvalue weighted by Gasteiger charge is -2.26. The summed E-state index contributed by atoms with van der Waals surface area (Å²) in [6.45, 7) is 0. The number of para-hydroxylation sites is 1. The molecule has 0 radical (unpaired) electrons. The lowest BCUT2D eigenvalue weighted by atomic mass is 9.87. The van der Waals surface area contributed by atoms with Crippen molar-refractivity contribution in [2.24, 2.45) is 0 Å². The fraction of sp³-hybridized carbons (Fsp3) is 0.462. The van der Waals surface area contributed by atoms with Crippen LogP contribution < -0.4 is 0 Å². The first-order valence-electron chi connectivity index (χ1n) is 5.87. The average Bonchev–Trinajstić information content (AvgIpc) is 2.72. The summed E-state index contributed by atoms with van der Waals surface area (Å²) in [4.78, 5) is 4.56. The summed E-state index contributed by atoms with van der Waals surface area (Å²) in [5.41, 5.74) is 0.991. The maximum atomic E-state index is 13.1. The molecule has 0 amide bonds. The molecule has 0 spiro atoms. The van der Waals surface area contributed by atoms with Gasteiger partial charge in [0.2, 0.25) is 5.92 Å². The van der Waals surface area contributed by atoms with Gasteiger partial charge in [-0.15, -0.1) is 11.3 Å². The van der Waals surface area contributed by atoms with Crippen LogP contribution in [0.5, 0.6) is 0 Å². The number of halogens is 2. The van der Waals surface area contributed by atoms with Crippen LogP contribution in [0.1, 0.15) is 36.6 Å². The number of hydrogen-bond donors (Lipinski definition) is 0. The Bertz CT molecular complexity index is 492. The first-order valence-corrected chi connectivity index (χ1v) is 6.69. The largest absolute Gasteiger partial charge is 0.248 e. The van der Waals surface area contributed by atoms with Gasteiger partial charge < -0.3 is 0 Å². The number of benzene rings is 1. The Morgan fingerprint density at radius 3 is 2.59 bits per heavy atom. The van der Waals surface area contributed by atoms with E-state index in [2.05, 4.69) is 4.98 Å². The van der Waals surface area contributed by atoms with Crippen LogP contribution in [0.15, 0.2) is 24.3 Å². The zero-order valence-electron chi connectivity index (χ0n) is 9.33. The quantitative estimate of drug-likeness (QED) is 0.724. The molecule has 90 valence electrons. The van der Waals surface area contributed by atoms with E-state index in [1.54, 1.807) is 11.3 Å². The zero-order valence-corrected chi connectivity index (χ0v) is 10.1. The number of rotatable bonds is 1. The number of fused-ring (bicyclic) bond motifs is 1. The van der Waals surface area contributed by atoms with Crippen LogP contribution in [0, 0.1) is 0 Å². The molecule has 1 aliphatic carbocycles. The molecule has 0 unspecified atom stereocenters. The predicted octanol–water partition coefficient (Wildman–Crippen LogP) is 4.59. The summed E-state index contributed by atoms with van der Waals surface area (Å²) in [6, 6.07) is 7.96. The number of alkyl halides is 2. The lowest BCUT2D eigenvalue weighted by Crippen LogP contribution is -2.23. The van der Waals surface area contributed by atoms with Gasteiger partial charge >= 0.3 is 0 Å². The molecule has 1 aromatic carbocycles. The van der Waals surface area contributed by atoms with Crippen molar-refractivity contribution in [2.75, 3.05) is 0 Å². The Morgan fingerprint density at radius 1 is 1.18 bits per heavy atom. The summed E-state index contributed by atoms with van der Waals surface area (Å²) in [6.07, 6.45) is 1.14. The Labute approximate surface area is 102 Å². The van der Waals surface area contributed by atoms with Gasteiger partial charge in [0, 0.05) is 18.8 Å². The molecule has 0 bridgehead atoms. The second-order valence-corrected chi connectivity index (χ2v) is 5.71. The van der Waals surface area contributed by atoms with Gasteiger partial charge in [0.1, 0.15) is 0 Å². The Hall–Kier alpha value is -1.03. The highest BCUT2D eigenvalue weighted by atomic mass is 32.1. The molecule has 3 rings (SSSR count). The van der Waals surface area contributed by atoms with Crippen LogP contribution in [-0.4, -0.2) is 10.9 Å². The number of thiazole rings is 1. The fourth-order valence-corrected chi connectivity index (χ4v) is 3.49. The van der Waals surface area contributed by atoms with Crippen molar-refractivity contribution >= 4 is 21.6 Å². The maximum absolute atomic E-state index is 13.1. The summed E-state index contributed by atoms with van der Waals surface area (Å²) in [5, 5.41) is 1.03. The number of nitrogens with zero attached hydrogens (tertiary/aromatic N) is 1. The van der Waals surface area contributed by atoms with Crippen LogP contribution in [0.25, 0.3) is 10.2 Å². The minimum Gasteiger partial charge on any atom is -0.241 e. The minimum atomic E-state index is -2.45. The van der Waals surface area contributed by atoms with E-state index in [1.807, 2.05) is 24.3 Å². The van der Waals surface area contributed by atoms with Gasteiger partial charge in [0.05, 0.1) is 15.2 Å². The maximum Gasteiger partial charge on any atom is 0.248 e. The summed E-state index contributed by atoms with van der Waals surface area (Å²) in [5.74, 6) is -2.22. The fourth-order valence-electron chi connectivity index (χ4n) is 2.35. The van der Waals surface area contributed by atoms with Crippen LogP contribution in [0.4, 0.5) is 8.78 Å². The van der Waals surface area contributed by atoms with Crippen molar-refractivity contribution in [3.05, 3.63) is 29.3 Å². The molecule has 1 nitrogen and oxygen atoms in total. The van der Waals surface area contributed by atoms with E-state index in [0.29, 0.717) is 12.8 Å². The van der Waals surface area contributed by atoms with Gasteiger partial charge in [0.15, 0.2) is 0 Å². The van der Waals surface area contributed by atoms with Gasteiger partial charge in [-0.2, -0.15) is 0 Å². The molecule has 1 heterocycles. The van der Waals surface area contributed by atoms with Crippen LogP contribution in [-0.2, 0) is 0 Å². The molecule has 4 heteroatoms. The lowest BCUT2D eigenvalue weighted by molar-refractivity contribution is -0.0382. The van der Waals surface area contributed by atoms with Crippen molar-refractivity contribution in [2.45, 2.75) is 37.5 Å². The number of aromatic nitrogens is 1. The third kappa shape index (κ3) is 2.18. The standard InChI is InChI=1S/C13H13F2NS/c14-13(15)7-5-9(6-8-13)12-16-10-3-1-2-4-11(10)17-12/h1-4,9H,5-8H2. The topological polar surface area (TPSA) is 12.9 Å². The highest BCUT2D eigenvalue weighted by molar-refractivity contribution is 7.18. The van der Waals surface area contributed by atoms with E-state index in [-0.39, 0.29) is 18.8 Å². The van der Waals surface area contributed by atoms with Gasteiger partial charge in [-0.25, -0.2) is 13.8 Å². The normalized spacial score (nSPS) is 20.8. The second kappa shape index (κ2) is 4.02. The summed E-state index contributed by atoms with van der Waals surface area (Å²) < 4.78 is 27.3. The summed E-state index contributed by atoms with van der Waals surface area (Å²) >= 11 is 1.65. The van der Waals surface area contributed by atoms with Crippen molar-refractivity contribution < 1.29 is 8.78 Å². The zero-order chi connectivity index (χ0) is 11.9. The molecule has 0 saturated heterocycles. The number of hydrogen-bond acceptors (Lipinski definition) is 2. The molecule has 1 saturated carbocycles. The Kier molecular flexibility index (Phi) is 2.62. The molecule has 17 heavy (non-hydrogen) atoms. The van der Waals surface area contributed by atoms with Gasteiger partial charge in [0.25, 0.3) is 0 Å². The smallest absolute Gasteiger partial charge is 0.241 e. The Balaban J connectivity index is 1.85. The van der Waals surface area contributed by atoms with Gasteiger partial charge in [-0.1, -0.05) is 12.1 Å². The average molecular weight is 253 g/mol. The van der Waals surface area contributed by atoms with Crippen molar-refractivity contribution in [1.29, 1.82) is 0 Å². The van der Waals surface area contributed by atoms with Crippen LogP contribution in [0.3, 0.4) is 0 Å². The van der Waals surface area contributed by atoms with E-state index >= 15 is 0 Å². The molecule has 1 aromatic heterocycles. The van der Waals surface area contributed by atoms with Gasteiger partial charge in [-0.3, -0.25) is 0 Å². The molecule has 1 fully saturated rings. The molecular formula is C13H13F2NS. The van der Waals surface area contributed by atoms with Gasteiger partial charge in [-0.05, 0) is 25.0 Å². The van der Waals surface area contributed by atoms with E-state index in [1.165, 1.54) is 0 Å². The SMILES string of the molecule is FC1(F)CCC(c2nc3ccccc3s2)CC1. The van der Waals surface area contributed by atoms with Crippen molar-refractivity contribution in [3.63, 3.8) is 0 Å². The monoisotopic (exact) mass is 253 g/mol. The third-order valence-electron chi connectivity index (χ3n) is 3.38. The van der Waals surface area contributed by atoms with Crippen LogP contribution in [0.2, 0.25) is 0 Å². The molecule has 1 aliphatic rings. The molecule has 0 N–H and O–H groups in total.